The van der Waals surface area contributed by atoms with E-state index in [2.05, 4.69) is 63.2 Å². The number of aryl methyl sites for hydroxylation is 1. The molecule has 2 aromatic heterocycles. The van der Waals surface area contributed by atoms with Crippen molar-refractivity contribution in [2.24, 2.45) is 0 Å². The Morgan fingerprint density at radius 1 is 1.06 bits per heavy atom. The van der Waals surface area contributed by atoms with Crippen LogP contribution in [0.25, 0.3) is 5.69 Å². The summed E-state index contributed by atoms with van der Waals surface area (Å²) >= 11 is 3.10. The molecule has 0 unspecified atom stereocenters. The number of thiazole rings is 1. The molecule has 34 heavy (non-hydrogen) atoms. The van der Waals surface area contributed by atoms with E-state index in [0.717, 1.165) is 46.5 Å². The standard InChI is InChI=1S/C26H29N5OS2/c1-3-4-10-15-27-25(32)21-17-33-24(28-21)18-34-26-30-29-23(16-20-12-6-5-7-13-20)31(26)22-14-9-8-11-19(22)2/h5-9,11-14,17H,3-4,10,15-16,18H2,1-2H3,(H,27,32). The Bertz CT molecular complexity index is 1220. The number of benzene rings is 2. The molecule has 4 aromatic rings. The Labute approximate surface area is 208 Å². The number of rotatable bonds is 11. The second-order valence-corrected chi connectivity index (χ2v) is 9.95. The summed E-state index contributed by atoms with van der Waals surface area (Å²) in [5.74, 6) is 1.43. The van der Waals surface area contributed by atoms with Gasteiger partial charge in [0.05, 0.1) is 11.4 Å². The third kappa shape index (κ3) is 6.12. The largest absolute Gasteiger partial charge is 0.351 e. The number of carbonyl (C=O) groups excluding carboxylic acids is 1. The summed E-state index contributed by atoms with van der Waals surface area (Å²) in [6, 6.07) is 18.6. The number of nitrogens with zero attached hydrogens (tertiary/aromatic N) is 4. The normalized spacial score (nSPS) is 11.0. The lowest BCUT2D eigenvalue weighted by Crippen LogP contribution is -2.24. The highest BCUT2D eigenvalue weighted by molar-refractivity contribution is 7.98. The molecule has 176 valence electrons. The third-order valence-corrected chi connectivity index (χ3v) is 7.41. The molecule has 1 N–H and O–H groups in total. The van der Waals surface area contributed by atoms with Gasteiger partial charge in [-0.15, -0.1) is 21.5 Å². The lowest BCUT2D eigenvalue weighted by molar-refractivity contribution is 0.0948. The Hall–Kier alpha value is -2.97. The highest BCUT2D eigenvalue weighted by Crippen LogP contribution is 2.28. The number of carbonyl (C=O) groups is 1. The van der Waals surface area contributed by atoms with Crippen LogP contribution < -0.4 is 5.32 Å². The molecule has 2 heterocycles. The van der Waals surface area contributed by atoms with Gasteiger partial charge in [0.1, 0.15) is 16.5 Å². The van der Waals surface area contributed by atoms with Crippen LogP contribution in [0.5, 0.6) is 0 Å². The van der Waals surface area contributed by atoms with Crippen LogP contribution in [-0.4, -0.2) is 32.2 Å². The van der Waals surface area contributed by atoms with E-state index in [1.165, 1.54) is 16.9 Å². The number of hydrogen-bond acceptors (Lipinski definition) is 6. The Kier molecular flexibility index (Phi) is 8.49. The number of nitrogens with one attached hydrogen (secondary N) is 1. The molecule has 1 amide bonds. The van der Waals surface area contributed by atoms with Gasteiger partial charge < -0.3 is 5.32 Å². The molecular weight excluding hydrogens is 462 g/mol. The summed E-state index contributed by atoms with van der Waals surface area (Å²) in [6.45, 7) is 4.94. The lowest BCUT2D eigenvalue weighted by Gasteiger charge is -2.12. The first-order valence-electron chi connectivity index (χ1n) is 11.6. The summed E-state index contributed by atoms with van der Waals surface area (Å²) in [5, 5.41) is 15.6. The predicted octanol–water partition coefficient (Wildman–Crippen LogP) is 5.84. The summed E-state index contributed by atoms with van der Waals surface area (Å²) in [6.07, 6.45) is 3.94. The van der Waals surface area contributed by atoms with Gasteiger partial charge in [0.25, 0.3) is 5.91 Å². The fourth-order valence-corrected chi connectivity index (χ4v) is 5.37. The van der Waals surface area contributed by atoms with Crippen molar-refractivity contribution in [3.05, 3.63) is 87.6 Å². The number of thioether (sulfide) groups is 1. The fourth-order valence-electron chi connectivity index (χ4n) is 3.62. The van der Waals surface area contributed by atoms with Crippen molar-refractivity contribution >= 4 is 29.0 Å². The number of hydrogen-bond donors (Lipinski definition) is 1. The molecule has 0 saturated heterocycles. The molecule has 8 heteroatoms. The second-order valence-electron chi connectivity index (χ2n) is 8.06. The molecular formula is C26H29N5OS2. The molecule has 4 rings (SSSR count). The molecule has 0 aliphatic heterocycles. The van der Waals surface area contributed by atoms with E-state index in [-0.39, 0.29) is 5.91 Å². The number of para-hydroxylation sites is 1. The third-order valence-electron chi connectivity index (χ3n) is 5.44. The minimum atomic E-state index is -0.100. The van der Waals surface area contributed by atoms with Gasteiger partial charge in [-0.05, 0) is 30.5 Å². The number of unbranched alkanes of at least 4 members (excludes halogenated alkanes) is 2. The average Bonchev–Trinajstić information content (AvgIpc) is 3.49. The molecule has 6 nitrogen and oxygen atoms in total. The van der Waals surface area contributed by atoms with E-state index >= 15 is 0 Å². The molecule has 0 spiro atoms. The van der Waals surface area contributed by atoms with E-state index in [1.54, 1.807) is 11.8 Å². The minimum absolute atomic E-state index is 0.100. The van der Waals surface area contributed by atoms with E-state index in [1.807, 2.05) is 35.7 Å². The van der Waals surface area contributed by atoms with Crippen molar-refractivity contribution in [3.63, 3.8) is 0 Å². The molecule has 0 saturated carbocycles. The summed E-state index contributed by atoms with van der Waals surface area (Å²) < 4.78 is 2.14. The molecule has 0 aliphatic carbocycles. The van der Waals surface area contributed by atoms with Gasteiger partial charge in [-0.3, -0.25) is 9.36 Å². The van der Waals surface area contributed by atoms with Crippen molar-refractivity contribution in [1.82, 2.24) is 25.1 Å². The van der Waals surface area contributed by atoms with Gasteiger partial charge in [-0.1, -0.05) is 80.1 Å². The predicted molar refractivity (Wildman–Crippen MR) is 139 cm³/mol. The number of aromatic nitrogens is 4. The second kappa shape index (κ2) is 11.9. The van der Waals surface area contributed by atoms with Crippen LogP contribution in [-0.2, 0) is 12.2 Å². The van der Waals surface area contributed by atoms with E-state index in [4.69, 9.17) is 0 Å². The molecule has 2 aromatic carbocycles. The molecule has 0 bridgehead atoms. The van der Waals surface area contributed by atoms with E-state index in [0.29, 0.717) is 24.4 Å². The van der Waals surface area contributed by atoms with E-state index < -0.39 is 0 Å². The maximum atomic E-state index is 12.3. The van der Waals surface area contributed by atoms with Gasteiger partial charge >= 0.3 is 0 Å². The SMILES string of the molecule is CCCCCNC(=O)c1csc(CSc2nnc(Cc3ccccc3)n2-c2ccccc2C)n1. The van der Waals surface area contributed by atoms with Crippen LogP contribution in [0.2, 0.25) is 0 Å². The Morgan fingerprint density at radius 3 is 2.65 bits per heavy atom. The zero-order valence-corrected chi connectivity index (χ0v) is 21.2. The zero-order valence-electron chi connectivity index (χ0n) is 19.5. The van der Waals surface area contributed by atoms with Gasteiger partial charge in [-0.25, -0.2) is 4.98 Å². The van der Waals surface area contributed by atoms with Crippen molar-refractivity contribution in [1.29, 1.82) is 0 Å². The van der Waals surface area contributed by atoms with Crippen LogP contribution >= 0.6 is 23.1 Å². The number of amides is 1. The topological polar surface area (TPSA) is 72.7 Å². The molecule has 0 radical (unpaired) electrons. The van der Waals surface area contributed by atoms with Crippen LogP contribution in [0.3, 0.4) is 0 Å². The first kappa shape index (κ1) is 24.2. The van der Waals surface area contributed by atoms with Crippen LogP contribution in [0.15, 0.2) is 65.1 Å². The van der Waals surface area contributed by atoms with E-state index in [9.17, 15) is 4.79 Å². The zero-order chi connectivity index (χ0) is 23.8. The van der Waals surface area contributed by atoms with Crippen molar-refractivity contribution in [2.75, 3.05) is 6.54 Å². The van der Waals surface area contributed by atoms with Crippen LogP contribution in [0.1, 0.15) is 58.6 Å². The quantitative estimate of drug-likeness (QED) is 0.211. The summed E-state index contributed by atoms with van der Waals surface area (Å²) in [4.78, 5) is 16.9. The Morgan fingerprint density at radius 2 is 1.85 bits per heavy atom. The van der Waals surface area contributed by atoms with Crippen LogP contribution in [0, 0.1) is 6.92 Å². The maximum Gasteiger partial charge on any atom is 0.270 e. The average molecular weight is 492 g/mol. The minimum Gasteiger partial charge on any atom is -0.351 e. The van der Waals surface area contributed by atoms with Crippen LogP contribution in [0.4, 0.5) is 0 Å². The lowest BCUT2D eigenvalue weighted by atomic mass is 10.1. The highest BCUT2D eigenvalue weighted by Gasteiger charge is 2.18. The van der Waals surface area contributed by atoms with Crippen molar-refractivity contribution in [3.8, 4) is 5.69 Å². The monoisotopic (exact) mass is 491 g/mol. The maximum absolute atomic E-state index is 12.3. The van der Waals surface area contributed by atoms with Gasteiger partial charge in [-0.2, -0.15) is 0 Å². The van der Waals surface area contributed by atoms with Gasteiger partial charge in [0.2, 0.25) is 0 Å². The van der Waals surface area contributed by atoms with Crippen molar-refractivity contribution < 1.29 is 4.79 Å². The molecule has 0 atom stereocenters. The fraction of sp³-hybridized carbons (Fsp3) is 0.308. The first-order valence-corrected chi connectivity index (χ1v) is 13.4. The highest BCUT2D eigenvalue weighted by atomic mass is 32.2. The van der Waals surface area contributed by atoms with Gasteiger partial charge in [0.15, 0.2) is 5.16 Å². The Balaban J connectivity index is 1.50. The summed E-state index contributed by atoms with van der Waals surface area (Å²) in [7, 11) is 0. The molecule has 0 fully saturated rings. The molecule has 0 aliphatic rings. The first-order chi connectivity index (χ1) is 16.7. The van der Waals surface area contributed by atoms with Gasteiger partial charge in [0, 0.05) is 18.3 Å². The summed E-state index contributed by atoms with van der Waals surface area (Å²) in [5.41, 5.74) is 3.92. The smallest absolute Gasteiger partial charge is 0.270 e. The van der Waals surface area contributed by atoms with Crippen molar-refractivity contribution in [2.45, 2.75) is 50.4 Å².